The van der Waals surface area contributed by atoms with Crippen LogP contribution in [0, 0.1) is 44.0 Å². The van der Waals surface area contributed by atoms with Gasteiger partial charge in [0.1, 0.15) is 23.3 Å². The van der Waals surface area contributed by atoms with Crippen LogP contribution in [0.15, 0.2) is 36.4 Å². The van der Waals surface area contributed by atoms with E-state index in [0.29, 0.717) is 27.7 Å². The Labute approximate surface area is 147 Å². The highest BCUT2D eigenvalue weighted by molar-refractivity contribution is 6.10. The first kappa shape index (κ1) is 16.6. The Balaban J connectivity index is 2.26. The van der Waals surface area contributed by atoms with E-state index in [9.17, 15) is 17.6 Å². The molecule has 0 radical (unpaired) electrons. The quantitative estimate of drug-likeness (QED) is 0.354. The molecule has 0 atom stereocenters. The van der Waals surface area contributed by atoms with Crippen LogP contribution in [0.3, 0.4) is 0 Å². The van der Waals surface area contributed by atoms with Crippen LogP contribution in [-0.2, 0) is 0 Å². The molecule has 5 heteroatoms. The van der Waals surface area contributed by atoms with Gasteiger partial charge >= 0.3 is 0 Å². The summed E-state index contributed by atoms with van der Waals surface area (Å²) in [6, 6.07) is 8.52. The number of benzene rings is 3. The van der Waals surface area contributed by atoms with Crippen molar-refractivity contribution in [3.63, 3.8) is 0 Å². The van der Waals surface area contributed by atoms with Gasteiger partial charge < -0.3 is 4.57 Å². The molecule has 0 unspecified atom stereocenters. The first-order valence-corrected chi connectivity index (χ1v) is 8.15. The van der Waals surface area contributed by atoms with Crippen LogP contribution >= 0.6 is 0 Å². The van der Waals surface area contributed by atoms with E-state index in [2.05, 4.69) is 0 Å². The zero-order valence-corrected chi connectivity index (χ0v) is 14.4. The standard InChI is InChI=1S/C21H15F4N/c1-10-4-5-13(7-15(10)22)26-18-8-16(23)11(2)6-14(18)20-19(26)9-17(24)12(3)21(20)25/h4-9H,1-3H3. The molecule has 4 aromatic rings. The van der Waals surface area contributed by atoms with Crippen molar-refractivity contribution in [3.8, 4) is 5.69 Å². The lowest BCUT2D eigenvalue weighted by atomic mass is 10.1. The molecule has 132 valence electrons. The van der Waals surface area contributed by atoms with E-state index in [0.717, 1.165) is 0 Å². The summed E-state index contributed by atoms with van der Waals surface area (Å²) < 4.78 is 58.9. The first-order valence-electron chi connectivity index (χ1n) is 8.15. The summed E-state index contributed by atoms with van der Waals surface area (Å²) in [4.78, 5) is 0. The third-order valence-corrected chi connectivity index (χ3v) is 4.87. The van der Waals surface area contributed by atoms with Gasteiger partial charge in [0, 0.05) is 22.0 Å². The highest BCUT2D eigenvalue weighted by atomic mass is 19.1. The molecule has 0 saturated heterocycles. The molecule has 1 nitrogen and oxygen atoms in total. The van der Waals surface area contributed by atoms with Crippen molar-refractivity contribution in [2.75, 3.05) is 0 Å². The summed E-state index contributed by atoms with van der Waals surface area (Å²) in [5.74, 6) is -2.31. The Morgan fingerprint density at radius 1 is 0.692 bits per heavy atom. The molecule has 4 rings (SSSR count). The van der Waals surface area contributed by atoms with Crippen LogP contribution in [0.1, 0.15) is 16.7 Å². The van der Waals surface area contributed by atoms with Crippen LogP contribution in [-0.4, -0.2) is 4.57 Å². The number of fused-ring (bicyclic) bond motifs is 3. The van der Waals surface area contributed by atoms with Crippen LogP contribution in [0.4, 0.5) is 17.6 Å². The largest absolute Gasteiger partial charge is 0.309 e. The highest BCUT2D eigenvalue weighted by Gasteiger charge is 2.21. The van der Waals surface area contributed by atoms with Gasteiger partial charge in [0.2, 0.25) is 0 Å². The van der Waals surface area contributed by atoms with E-state index >= 15 is 0 Å². The highest BCUT2D eigenvalue weighted by Crippen LogP contribution is 2.37. The average molecular weight is 357 g/mol. The lowest BCUT2D eigenvalue weighted by Crippen LogP contribution is -1.98. The van der Waals surface area contributed by atoms with Crippen molar-refractivity contribution in [2.45, 2.75) is 20.8 Å². The third-order valence-electron chi connectivity index (χ3n) is 4.87. The van der Waals surface area contributed by atoms with Crippen molar-refractivity contribution in [2.24, 2.45) is 0 Å². The molecule has 3 aromatic carbocycles. The minimum atomic E-state index is -0.705. The van der Waals surface area contributed by atoms with Gasteiger partial charge in [-0.3, -0.25) is 0 Å². The van der Waals surface area contributed by atoms with Gasteiger partial charge in [-0.1, -0.05) is 6.07 Å². The molecule has 0 bridgehead atoms. The lowest BCUT2D eigenvalue weighted by Gasteiger charge is -2.10. The molecular formula is C21H15F4N. The molecule has 26 heavy (non-hydrogen) atoms. The van der Waals surface area contributed by atoms with E-state index in [1.165, 1.54) is 35.8 Å². The number of rotatable bonds is 1. The van der Waals surface area contributed by atoms with Crippen molar-refractivity contribution < 1.29 is 17.6 Å². The fraction of sp³-hybridized carbons (Fsp3) is 0.143. The molecule has 0 saturated carbocycles. The average Bonchev–Trinajstić information content (AvgIpc) is 2.89. The van der Waals surface area contributed by atoms with E-state index in [-0.39, 0.29) is 16.5 Å². The normalized spacial score (nSPS) is 11.7. The van der Waals surface area contributed by atoms with Gasteiger partial charge in [-0.25, -0.2) is 17.6 Å². The molecule has 0 aliphatic rings. The Kier molecular flexibility index (Phi) is 3.58. The molecule has 0 aliphatic carbocycles. The number of hydrogen-bond donors (Lipinski definition) is 0. The van der Waals surface area contributed by atoms with Crippen molar-refractivity contribution in [3.05, 3.63) is 76.4 Å². The minimum Gasteiger partial charge on any atom is -0.309 e. The monoisotopic (exact) mass is 357 g/mol. The molecular weight excluding hydrogens is 342 g/mol. The van der Waals surface area contributed by atoms with Gasteiger partial charge in [0.05, 0.1) is 11.0 Å². The predicted octanol–water partition coefficient (Wildman–Crippen LogP) is 6.27. The lowest BCUT2D eigenvalue weighted by molar-refractivity contribution is 0.577. The Bertz CT molecular complexity index is 1200. The fourth-order valence-electron chi connectivity index (χ4n) is 3.32. The Morgan fingerprint density at radius 3 is 2.04 bits per heavy atom. The molecule has 1 heterocycles. The van der Waals surface area contributed by atoms with Crippen LogP contribution < -0.4 is 0 Å². The van der Waals surface area contributed by atoms with Crippen molar-refractivity contribution in [1.29, 1.82) is 0 Å². The number of halogens is 4. The topological polar surface area (TPSA) is 4.93 Å². The second kappa shape index (κ2) is 5.59. The zero-order valence-electron chi connectivity index (χ0n) is 14.4. The SMILES string of the molecule is Cc1ccc(-n2c3cc(F)c(C)cc3c3c(F)c(C)c(F)cc32)cc1F. The second-order valence-corrected chi connectivity index (χ2v) is 6.58. The molecule has 0 amide bonds. The number of hydrogen-bond acceptors (Lipinski definition) is 0. The maximum atomic E-state index is 14.9. The van der Waals surface area contributed by atoms with Crippen LogP contribution in [0.5, 0.6) is 0 Å². The molecule has 0 N–H and O–H groups in total. The van der Waals surface area contributed by atoms with Crippen molar-refractivity contribution >= 4 is 21.8 Å². The van der Waals surface area contributed by atoms with Gasteiger partial charge in [0.25, 0.3) is 0 Å². The predicted molar refractivity (Wildman–Crippen MR) is 94.8 cm³/mol. The van der Waals surface area contributed by atoms with E-state index < -0.39 is 23.3 Å². The summed E-state index contributed by atoms with van der Waals surface area (Å²) in [5.41, 5.74) is 1.66. The zero-order chi connectivity index (χ0) is 18.7. The van der Waals surface area contributed by atoms with E-state index in [4.69, 9.17) is 0 Å². The van der Waals surface area contributed by atoms with Gasteiger partial charge in [0.15, 0.2) is 0 Å². The van der Waals surface area contributed by atoms with Crippen LogP contribution in [0.25, 0.3) is 27.5 Å². The van der Waals surface area contributed by atoms with Crippen molar-refractivity contribution in [1.82, 2.24) is 4.57 Å². The third kappa shape index (κ3) is 2.23. The van der Waals surface area contributed by atoms with Gasteiger partial charge in [-0.2, -0.15) is 0 Å². The molecule has 0 aliphatic heterocycles. The summed E-state index contributed by atoms with van der Waals surface area (Å²) in [6.45, 7) is 4.56. The van der Waals surface area contributed by atoms with E-state index in [1.807, 2.05) is 0 Å². The van der Waals surface area contributed by atoms with Gasteiger partial charge in [-0.15, -0.1) is 0 Å². The summed E-state index contributed by atoms with van der Waals surface area (Å²) in [6.07, 6.45) is 0. The Hall–Kier alpha value is -2.82. The van der Waals surface area contributed by atoms with Gasteiger partial charge in [-0.05, 0) is 62.2 Å². The first-order chi connectivity index (χ1) is 12.3. The molecule has 0 spiro atoms. The maximum absolute atomic E-state index is 14.9. The number of nitrogens with zero attached hydrogens (tertiary/aromatic N) is 1. The summed E-state index contributed by atoms with van der Waals surface area (Å²) >= 11 is 0. The minimum absolute atomic E-state index is 0.103. The Morgan fingerprint density at radius 2 is 1.35 bits per heavy atom. The summed E-state index contributed by atoms with van der Waals surface area (Å²) in [7, 11) is 0. The summed E-state index contributed by atoms with van der Waals surface area (Å²) in [5, 5.41) is 0.656. The molecule has 0 fully saturated rings. The van der Waals surface area contributed by atoms with E-state index in [1.54, 1.807) is 26.0 Å². The van der Waals surface area contributed by atoms with Crippen LogP contribution in [0.2, 0.25) is 0 Å². The number of aryl methyl sites for hydroxylation is 2. The second-order valence-electron chi connectivity index (χ2n) is 6.58. The molecule has 1 aromatic heterocycles. The fourth-order valence-corrected chi connectivity index (χ4v) is 3.32. The maximum Gasteiger partial charge on any atom is 0.139 e. The number of aromatic nitrogens is 1. The smallest absolute Gasteiger partial charge is 0.139 e.